The molecule has 1 aliphatic heterocycles. The van der Waals surface area contributed by atoms with Crippen molar-refractivity contribution in [3.05, 3.63) is 54.1 Å². The van der Waals surface area contributed by atoms with Crippen molar-refractivity contribution in [3.63, 3.8) is 0 Å². The number of nitrogens with zero attached hydrogens (tertiary/aromatic N) is 1. The first-order chi connectivity index (χ1) is 9.66. The van der Waals surface area contributed by atoms with Crippen LogP contribution in [-0.2, 0) is 4.79 Å². The van der Waals surface area contributed by atoms with Gasteiger partial charge in [-0.3, -0.25) is 4.79 Å². The van der Waals surface area contributed by atoms with E-state index in [1.807, 2.05) is 24.3 Å². The average molecular weight is 269 g/mol. The van der Waals surface area contributed by atoms with Crippen LogP contribution < -0.4 is 9.64 Å². The highest BCUT2D eigenvalue weighted by Gasteiger charge is 2.32. The van der Waals surface area contributed by atoms with Gasteiger partial charge in [0.05, 0.1) is 0 Å². The number of amides is 1. The molecule has 0 aliphatic carbocycles. The average Bonchev–Trinajstić information content (AvgIpc) is 2.90. The number of hydrogen-bond donors (Lipinski definition) is 1. The van der Waals surface area contributed by atoms with Crippen LogP contribution in [0.2, 0.25) is 0 Å². The standard InChI is InChI=1S/C16H15NO3/c1-17(11-6-8-12(18)9-7-11)16(19)14-10-20-15-5-3-2-4-13(14)15/h2-9,14,18H,10H2,1H3. The zero-order valence-corrected chi connectivity index (χ0v) is 11.1. The molecule has 1 atom stereocenters. The summed E-state index contributed by atoms with van der Waals surface area (Å²) in [5, 5.41) is 9.30. The van der Waals surface area contributed by atoms with Crippen LogP contribution in [0.3, 0.4) is 0 Å². The Balaban J connectivity index is 1.85. The van der Waals surface area contributed by atoms with Gasteiger partial charge in [0.2, 0.25) is 5.91 Å². The second-order valence-electron chi connectivity index (χ2n) is 4.82. The van der Waals surface area contributed by atoms with Crippen LogP contribution in [-0.4, -0.2) is 24.7 Å². The summed E-state index contributed by atoms with van der Waals surface area (Å²) >= 11 is 0. The third-order valence-corrected chi connectivity index (χ3v) is 3.57. The van der Waals surface area contributed by atoms with Crippen LogP contribution in [0.5, 0.6) is 11.5 Å². The Hall–Kier alpha value is -2.49. The normalized spacial score (nSPS) is 16.4. The first kappa shape index (κ1) is 12.5. The molecule has 20 heavy (non-hydrogen) atoms. The van der Waals surface area contributed by atoms with Gasteiger partial charge in [-0.15, -0.1) is 0 Å². The first-order valence-corrected chi connectivity index (χ1v) is 6.45. The Morgan fingerprint density at radius 1 is 1.20 bits per heavy atom. The van der Waals surface area contributed by atoms with Crippen molar-refractivity contribution in [2.45, 2.75) is 5.92 Å². The summed E-state index contributed by atoms with van der Waals surface area (Å²) in [6, 6.07) is 14.2. The summed E-state index contributed by atoms with van der Waals surface area (Å²) in [4.78, 5) is 14.2. The number of likely N-dealkylation sites (N-methyl/N-ethyl adjacent to an activating group) is 1. The third-order valence-electron chi connectivity index (χ3n) is 3.57. The molecule has 0 aromatic heterocycles. The monoisotopic (exact) mass is 269 g/mol. The molecule has 0 radical (unpaired) electrons. The summed E-state index contributed by atoms with van der Waals surface area (Å²) in [5.74, 6) is 0.680. The van der Waals surface area contributed by atoms with Gasteiger partial charge in [0, 0.05) is 18.3 Å². The quantitative estimate of drug-likeness (QED) is 0.911. The number of anilines is 1. The molecule has 102 valence electrons. The number of carbonyl (C=O) groups excluding carboxylic acids is 1. The first-order valence-electron chi connectivity index (χ1n) is 6.45. The van der Waals surface area contributed by atoms with Crippen molar-refractivity contribution < 1.29 is 14.6 Å². The fraction of sp³-hybridized carbons (Fsp3) is 0.188. The van der Waals surface area contributed by atoms with E-state index in [2.05, 4.69) is 0 Å². The number of carbonyl (C=O) groups is 1. The summed E-state index contributed by atoms with van der Waals surface area (Å²) in [7, 11) is 1.73. The number of hydrogen-bond acceptors (Lipinski definition) is 3. The van der Waals surface area contributed by atoms with Crippen LogP contribution in [0.15, 0.2) is 48.5 Å². The van der Waals surface area contributed by atoms with Gasteiger partial charge in [0.25, 0.3) is 0 Å². The highest BCUT2D eigenvalue weighted by Crippen LogP contribution is 2.35. The lowest BCUT2D eigenvalue weighted by atomic mass is 10.00. The second-order valence-corrected chi connectivity index (χ2v) is 4.82. The fourth-order valence-corrected chi connectivity index (χ4v) is 2.40. The van der Waals surface area contributed by atoms with E-state index in [0.29, 0.717) is 6.61 Å². The van der Waals surface area contributed by atoms with Gasteiger partial charge in [0.1, 0.15) is 24.0 Å². The van der Waals surface area contributed by atoms with E-state index in [-0.39, 0.29) is 17.6 Å². The highest BCUT2D eigenvalue weighted by atomic mass is 16.5. The lowest BCUT2D eigenvalue weighted by Crippen LogP contribution is -2.32. The molecule has 0 saturated carbocycles. The number of ether oxygens (including phenoxy) is 1. The van der Waals surface area contributed by atoms with Crippen molar-refractivity contribution >= 4 is 11.6 Å². The maximum atomic E-state index is 12.6. The minimum atomic E-state index is -0.273. The summed E-state index contributed by atoms with van der Waals surface area (Å²) in [6.07, 6.45) is 0. The SMILES string of the molecule is CN(C(=O)C1COc2ccccc21)c1ccc(O)cc1. The van der Waals surface area contributed by atoms with Gasteiger partial charge in [-0.2, -0.15) is 0 Å². The van der Waals surface area contributed by atoms with Crippen molar-refractivity contribution in [3.8, 4) is 11.5 Å². The van der Waals surface area contributed by atoms with E-state index >= 15 is 0 Å². The Bertz CT molecular complexity index is 636. The highest BCUT2D eigenvalue weighted by molar-refractivity contribution is 5.98. The lowest BCUT2D eigenvalue weighted by molar-refractivity contribution is -0.119. The molecule has 1 aliphatic rings. The van der Waals surface area contributed by atoms with Gasteiger partial charge in [-0.25, -0.2) is 0 Å². The Morgan fingerprint density at radius 2 is 1.90 bits per heavy atom. The summed E-state index contributed by atoms with van der Waals surface area (Å²) < 4.78 is 5.55. The van der Waals surface area contributed by atoms with Gasteiger partial charge >= 0.3 is 0 Å². The van der Waals surface area contributed by atoms with Crippen molar-refractivity contribution in [2.75, 3.05) is 18.6 Å². The minimum Gasteiger partial charge on any atom is -0.508 e. The van der Waals surface area contributed by atoms with Crippen LogP contribution >= 0.6 is 0 Å². The maximum Gasteiger partial charge on any atom is 0.237 e. The topological polar surface area (TPSA) is 49.8 Å². The fourth-order valence-electron chi connectivity index (χ4n) is 2.40. The number of phenols is 1. The van der Waals surface area contributed by atoms with Crippen LogP contribution in [0, 0.1) is 0 Å². The van der Waals surface area contributed by atoms with Crippen molar-refractivity contribution in [1.29, 1.82) is 0 Å². The molecule has 0 bridgehead atoms. The molecular weight excluding hydrogens is 254 g/mol. The zero-order valence-electron chi connectivity index (χ0n) is 11.1. The van der Waals surface area contributed by atoms with E-state index in [9.17, 15) is 9.90 Å². The number of para-hydroxylation sites is 1. The minimum absolute atomic E-state index is 0.0133. The van der Waals surface area contributed by atoms with Gasteiger partial charge in [0.15, 0.2) is 0 Å². The van der Waals surface area contributed by atoms with Gasteiger partial charge in [-0.05, 0) is 30.3 Å². The molecule has 2 aromatic carbocycles. The molecule has 1 amide bonds. The molecule has 1 N–H and O–H groups in total. The maximum absolute atomic E-state index is 12.6. The molecule has 0 fully saturated rings. The number of benzene rings is 2. The Kier molecular flexibility index (Phi) is 3.06. The molecule has 4 heteroatoms. The molecule has 1 heterocycles. The van der Waals surface area contributed by atoms with Crippen molar-refractivity contribution in [2.24, 2.45) is 0 Å². The Labute approximate surface area is 117 Å². The molecule has 0 spiro atoms. The lowest BCUT2D eigenvalue weighted by Gasteiger charge is -2.20. The predicted molar refractivity (Wildman–Crippen MR) is 76.2 cm³/mol. The third kappa shape index (κ3) is 2.09. The van der Waals surface area contributed by atoms with E-state index in [0.717, 1.165) is 17.0 Å². The van der Waals surface area contributed by atoms with Crippen LogP contribution in [0.25, 0.3) is 0 Å². The van der Waals surface area contributed by atoms with Gasteiger partial charge in [-0.1, -0.05) is 18.2 Å². The molecule has 4 nitrogen and oxygen atoms in total. The zero-order chi connectivity index (χ0) is 14.1. The number of rotatable bonds is 2. The smallest absolute Gasteiger partial charge is 0.237 e. The van der Waals surface area contributed by atoms with Gasteiger partial charge < -0.3 is 14.7 Å². The summed E-state index contributed by atoms with van der Waals surface area (Å²) in [6.45, 7) is 0.376. The molecule has 3 rings (SSSR count). The van der Waals surface area contributed by atoms with E-state index in [4.69, 9.17) is 4.74 Å². The molecule has 1 unspecified atom stereocenters. The van der Waals surface area contributed by atoms with E-state index in [1.165, 1.54) is 0 Å². The molecule has 2 aromatic rings. The predicted octanol–water partition coefficient (Wildman–Crippen LogP) is 2.53. The largest absolute Gasteiger partial charge is 0.508 e. The van der Waals surface area contributed by atoms with E-state index in [1.54, 1.807) is 36.2 Å². The van der Waals surface area contributed by atoms with Crippen molar-refractivity contribution in [1.82, 2.24) is 0 Å². The number of phenolic OH excluding ortho intramolecular Hbond substituents is 1. The number of fused-ring (bicyclic) bond motifs is 1. The van der Waals surface area contributed by atoms with Crippen LogP contribution in [0.1, 0.15) is 11.5 Å². The second kappa shape index (κ2) is 4.89. The number of aromatic hydroxyl groups is 1. The molecule has 0 saturated heterocycles. The summed E-state index contributed by atoms with van der Waals surface area (Å²) in [5.41, 5.74) is 1.68. The van der Waals surface area contributed by atoms with E-state index < -0.39 is 0 Å². The van der Waals surface area contributed by atoms with Crippen LogP contribution in [0.4, 0.5) is 5.69 Å². The molecular formula is C16H15NO3. The Morgan fingerprint density at radius 3 is 2.65 bits per heavy atom.